The van der Waals surface area contributed by atoms with Crippen molar-refractivity contribution >= 4 is 5.91 Å². The van der Waals surface area contributed by atoms with Gasteiger partial charge in [0.05, 0.1) is 17.7 Å². The van der Waals surface area contributed by atoms with Crippen molar-refractivity contribution in [2.75, 3.05) is 6.54 Å². The van der Waals surface area contributed by atoms with Gasteiger partial charge in [0.15, 0.2) is 0 Å². The van der Waals surface area contributed by atoms with Crippen LogP contribution in [-0.4, -0.2) is 18.5 Å². The molecule has 1 unspecified atom stereocenters. The largest absolute Gasteiger partial charge is 0.351 e. The molecule has 1 atom stereocenters. The molecule has 1 fully saturated rings. The third kappa shape index (κ3) is 3.37. The molecule has 0 saturated carbocycles. The highest BCUT2D eigenvalue weighted by Crippen LogP contribution is 2.30. The molecule has 4 nitrogen and oxygen atoms in total. The van der Waals surface area contributed by atoms with E-state index in [1.807, 2.05) is 12.1 Å². The molecule has 1 aromatic rings. The molecule has 1 aliphatic heterocycles. The van der Waals surface area contributed by atoms with E-state index in [2.05, 4.69) is 30.6 Å². The van der Waals surface area contributed by atoms with Crippen LogP contribution in [0.3, 0.4) is 0 Å². The van der Waals surface area contributed by atoms with Crippen molar-refractivity contribution in [2.24, 2.45) is 5.41 Å². The lowest BCUT2D eigenvalue weighted by molar-refractivity contribution is -0.126. The fourth-order valence-electron chi connectivity index (χ4n) is 2.65. The van der Waals surface area contributed by atoms with E-state index in [0.29, 0.717) is 12.1 Å². The Kier molecular flexibility index (Phi) is 4.41. The number of amides is 1. The summed E-state index contributed by atoms with van der Waals surface area (Å²) >= 11 is 0. The predicted octanol–water partition coefficient (Wildman–Crippen LogP) is 1.95. The Bertz CT molecular complexity index is 514. The molecule has 1 amide bonds. The highest BCUT2D eigenvalue weighted by atomic mass is 16.2. The van der Waals surface area contributed by atoms with Crippen LogP contribution in [0.25, 0.3) is 0 Å². The predicted molar refractivity (Wildman–Crippen MR) is 77.8 cm³/mol. The van der Waals surface area contributed by atoms with Gasteiger partial charge >= 0.3 is 0 Å². The Morgan fingerprint density at radius 1 is 1.45 bits per heavy atom. The monoisotopic (exact) mass is 271 g/mol. The molecule has 0 spiro atoms. The number of carbonyl (C=O) groups excluding carboxylic acids is 1. The first-order chi connectivity index (χ1) is 9.53. The molecule has 1 heterocycles. The van der Waals surface area contributed by atoms with Crippen LogP contribution in [0.1, 0.15) is 37.8 Å². The molecule has 0 bridgehead atoms. The van der Waals surface area contributed by atoms with E-state index in [1.165, 1.54) is 0 Å². The van der Waals surface area contributed by atoms with Crippen LogP contribution in [0.15, 0.2) is 24.3 Å². The summed E-state index contributed by atoms with van der Waals surface area (Å²) < 4.78 is 0. The molecule has 20 heavy (non-hydrogen) atoms. The molecule has 106 valence electrons. The molecule has 1 aliphatic rings. The number of piperidine rings is 1. The van der Waals surface area contributed by atoms with Crippen molar-refractivity contribution in [1.29, 1.82) is 5.26 Å². The van der Waals surface area contributed by atoms with Gasteiger partial charge in [-0.05, 0) is 42.5 Å². The molecule has 4 heteroatoms. The Balaban J connectivity index is 1.92. The lowest BCUT2D eigenvalue weighted by Gasteiger charge is -2.38. The van der Waals surface area contributed by atoms with E-state index < -0.39 is 0 Å². The van der Waals surface area contributed by atoms with Gasteiger partial charge in [0.25, 0.3) is 0 Å². The summed E-state index contributed by atoms with van der Waals surface area (Å²) in [6.45, 7) is 5.66. The second-order valence-electron chi connectivity index (χ2n) is 6.01. The molecule has 1 aromatic carbocycles. The van der Waals surface area contributed by atoms with Crippen molar-refractivity contribution in [2.45, 2.75) is 39.3 Å². The van der Waals surface area contributed by atoms with Crippen LogP contribution in [0, 0.1) is 16.7 Å². The third-order valence-corrected chi connectivity index (χ3v) is 3.94. The Morgan fingerprint density at radius 3 is 2.75 bits per heavy atom. The van der Waals surface area contributed by atoms with Crippen LogP contribution in [0.2, 0.25) is 0 Å². The average Bonchev–Trinajstić information content (AvgIpc) is 2.45. The highest BCUT2D eigenvalue weighted by Gasteiger charge is 2.36. The van der Waals surface area contributed by atoms with Gasteiger partial charge in [-0.25, -0.2) is 0 Å². The lowest BCUT2D eigenvalue weighted by atomic mass is 9.77. The SMILES string of the molecule is CC1(C)CCCNC1C(=O)NCc1ccc(C#N)cc1. The minimum Gasteiger partial charge on any atom is -0.351 e. The van der Waals surface area contributed by atoms with Gasteiger partial charge in [-0.2, -0.15) is 5.26 Å². The topological polar surface area (TPSA) is 64.9 Å². The van der Waals surface area contributed by atoms with Gasteiger partial charge in [0.2, 0.25) is 5.91 Å². The molecule has 0 radical (unpaired) electrons. The lowest BCUT2D eigenvalue weighted by Crippen LogP contribution is -2.55. The fourth-order valence-corrected chi connectivity index (χ4v) is 2.65. The van der Waals surface area contributed by atoms with E-state index in [-0.39, 0.29) is 17.4 Å². The summed E-state index contributed by atoms with van der Waals surface area (Å²) in [5.41, 5.74) is 1.63. The van der Waals surface area contributed by atoms with Crippen LogP contribution in [-0.2, 0) is 11.3 Å². The summed E-state index contributed by atoms with van der Waals surface area (Å²) in [6.07, 6.45) is 2.18. The number of rotatable bonds is 3. The van der Waals surface area contributed by atoms with Gasteiger partial charge in [-0.1, -0.05) is 26.0 Å². The van der Waals surface area contributed by atoms with E-state index in [0.717, 1.165) is 24.9 Å². The standard InChI is InChI=1S/C16H21N3O/c1-16(2)8-3-9-18-14(16)15(20)19-11-13-6-4-12(10-17)5-7-13/h4-7,14,18H,3,8-9,11H2,1-2H3,(H,19,20). The summed E-state index contributed by atoms with van der Waals surface area (Å²) in [4.78, 5) is 12.3. The quantitative estimate of drug-likeness (QED) is 0.883. The van der Waals surface area contributed by atoms with Gasteiger partial charge in [0, 0.05) is 6.54 Å². The molecule has 0 aliphatic carbocycles. The molecule has 2 rings (SSSR count). The van der Waals surface area contributed by atoms with E-state index in [4.69, 9.17) is 5.26 Å². The number of benzene rings is 1. The molecular formula is C16H21N3O. The smallest absolute Gasteiger partial charge is 0.237 e. The van der Waals surface area contributed by atoms with Crippen LogP contribution in [0.5, 0.6) is 0 Å². The van der Waals surface area contributed by atoms with Gasteiger partial charge in [-0.3, -0.25) is 4.79 Å². The fraction of sp³-hybridized carbons (Fsp3) is 0.500. The maximum atomic E-state index is 12.3. The molecule has 1 saturated heterocycles. The zero-order valence-corrected chi connectivity index (χ0v) is 12.1. The van der Waals surface area contributed by atoms with Crippen molar-refractivity contribution < 1.29 is 4.79 Å². The number of hydrogen-bond donors (Lipinski definition) is 2. The maximum absolute atomic E-state index is 12.3. The van der Waals surface area contributed by atoms with Crippen LogP contribution < -0.4 is 10.6 Å². The van der Waals surface area contributed by atoms with Crippen molar-refractivity contribution in [3.8, 4) is 6.07 Å². The van der Waals surface area contributed by atoms with Crippen molar-refractivity contribution in [3.63, 3.8) is 0 Å². The first kappa shape index (κ1) is 14.5. The number of hydrogen-bond acceptors (Lipinski definition) is 3. The Morgan fingerprint density at radius 2 is 2.15 bits per heavy atom. The van der Waals surface area contributed by atoms with Crippen molar-refractivity contribution in [3.05, 3.63) is 35.4 Å². The Hall–Kier alpha value is -1.86. The average molecular weight is 271 g/mol. The highest BCUT2D eigenvalue weighted by molar-refractivity contribution is 5.82. The zero-order valence-electron chi connectivity index (χ0n) is 12.1. The zero-order chi connectivity index (χ0) is 14.6. The van der Waals surface area contributed by atoms with E-state index in [1.54, 1.807) is 12.1 Å². The summed E-state index contributed by atoms with van der Waals surface area (Å²) in [5, 5.41) is 15.0. The first-order valence-corrected chi connectivity index (χ1v) is 7.03. The van der Waals surface area contributed by atoms with Crippen LogP contribution in [0.4, 0.5) is 0 Å². The minimum absolute atomic E-state index is 0.00695. The van der Waals surface area contributed by atoms with Gasteiger partial charge < -0.3 is 10.6 Å². The van der Waals surface area contributed by atoms with Crippen molar-refractivity contribution in [1.82, 2.24) is 10.6 Å². The van der Waals surface area contributed by atoms with E-state index in [9.17, 15) is 4.79 Å². The number of nitrogens with one attached hydrogen (secondary N) is 2. The van der Waals surface area contributed by atoms with E-state index >= 15 is 0 Å². The number of carbonyl (C=O) groups is 1. The number of nitrogens with zero attached hydrogens (tertiary/aromatic N) is 1. The summed E-state index contributed by atoms with van der Waals surface area (Å²) in [6, 6.07) is 9.24. The molecule has 2 N–H and O–H groups in total. The molecule has 0 aromatic heterocycles. The minimum atomic E-state index is -0.130. The second-order valence-corrected chi connectivity index (χ2v) is 6.01. The normalized spacial score (nSPS) is 20.9. The first-order valence-electron chi connectivity index (χ1n) is 7.03. The summed E-state index contributed by atoms with van der Waals surface area (Å²) in [5.74, 6) is 0.0547. The second kappa shape index (κ2) is 6.06. The summed E-state index contributed by atoms with van der Waals surface area (Å²) in [7, 11) is 0. The van der Waals surface area contributed by atoms with Crippen LogP contribution >= 0.6 is 0 Å². The molecular weight excluding hydrogens is 250 g/mol. The maximum Gasteiger partial charge on any atom is 0.237 e. The van der Waals surface area contributed by atoms with Gasteiger partial charge in [0.1, 0.15) is 0 Å². The van der Waals surface area contributed by atoms with Gasteiger partial charge in [-0.15, -0.1) is 0 Å². The third-order valence-electron chi connectivity index (χ3n) is 3.94. The number of nitriles is 1. The Labute approximate surface area is 120 Å².